The molecule has 25 heavy (non-hydrogen) atoms. The van der Waals surface area contributed by atoms with E-state index in [1.165, 1.54) is 5.70 Å². The fourth-order valence-electron chi connectivity index (χ4n) is 3.61. The van der Waals surface area contributed by atoms with Gasteiger partial charge in [0, 0.05) is 18.8 Å². The molecule has 1 atom stereocenters. The topological polar surface area (TPSA) is 3.24 Å². The van der Waals surface area contributed by atoms with Gasteiger partial charge in [-0.15, -0.1) is 5.92 Å². The minimum Gasteiger partial charge on any atom is -0.373 e. The molecule has 1 nitrogen and oxygen atoms in total. The zero-order valence-electron chi connectivity index (χ0n) is 18.1. The molecule has 0 aromatic carbocycles. The molecule has 0 aromatic heterocycles. The predicted octanol–water partition coefficient (Wildman–Crippen LogP) is 5.83. The fraction of sp³-hybridized carbons (Fsp3) is 0.750. The third kappa shape index (κ3) is 5.07. The highest BCUT2D eigenvalue weighted by Crippen LogP contribution is 2.52. The largest absolute Gasteiger partial charge is 0.373 e. The van der Waals surface area contributed by atoms with Crippen molar-refractivity contribution in [3.05, 3.63) is 12.3 Å². The van der Waals surface area contributed by atoms with Gasteiger partial charge in [0.05, 0.1) is 11.3 Å². The molecule has 0 heterocycles. The molecular weight excluding hydrogens is 302 g/mol. The zero-order chi connectivity index (χ0) is 19.4. The average molecular weight is 342 g/mol. The quantitative estimate of drug-likeness (QED) is 0.452. The van der Waals surface area contributed by atoms with Crippen LogP contribution in [0.5, 0.6) is 0 Å². The number of nitrogens with zero attached hydrogens (tertiary/aromatic N) is 1. The lowest BCUT2D eigenvalue weighted by Crippen LogP contribution is -2.51. The summed E-state index contributed by atoms with van der Waals surface area (Å²) in [5.41, 5.74) is 1.14. The Labute approximate surface area is 157 Å². The van der Waals surface area contributed by atoms with Gasteiger partial charge < -0.3 is 4.90 Å². The number of hydrogen-bond donors (Lipinski definition) is 0. The van der Waals surface area contributed by atoms with E-state index in [4.69, 9.17) is 0 Å². The first-order valence-electron chi connectivity index (χ1n) is 9.85. The van der Waals surface area contributed by atoms with E-state index in [1.807, 2.05) is 6.92 Å². The summed E-state index contributed by atoms with van der Waals surface area (Å²) in [4.78, 5) is 2.50. The number of allylic oxidation sites excluding steroid dienone is 1. The van der Waals surface area contributed by atoms with E-state index in [2.05, 4.69) is 90.6 Å². The van der Waals surface area contributed by atoms with Gasteiger partial charge in [0.2, 0.25) is 0 Å². The average Bonchev–Trinajstić information content (AvgIpc) is 3.28. The molecule has 0 fully saturated rings. The molecule has 0 saturated carbocycles. The molecule has 0 spiro atoms. The highest BCUT2D eigenvalue weighted by atomic mass is 15.1. The molecule has 1 aliphatic rings. The Balaban J connectivity index is 3.27. The molecule has 0 bridgehead atoms. The van der Waals surface area contributed by atoms with Crippen LogP contribution in [-0.2, 0) is 0 Å². The Morgan fingerprint density at radius 2 is 1.64 bits per heavy atom. The predicted molar refractivity (Wildman–Crippen MR) is 111 cm³/mol. The van der Waals surface area contributed by atoms with Gasteiger partial charge in [-0.3, -0.25) is 0 Å². The van der Waals surface area contributed by atoms with Crippen LogP contribution in [0, 0.1) is 58.2 Å². The normalized spacial score (nSPS) is 16.2. The zero-order valence-corrected chi connectivity index (χ0v) is 18.1. The van der Waals surface area contributed by atoms with E-state index in [0.717, 1.165) is 19.5 Å². The van der Waals surface area contributed by atoms with Crippen LogP contribution in [0.25, 0.3) is 0 Å². The van der Waals surface area contributed by atoms with Crippen LogP contribution in [0.15, 0.2) is 12.3 Å². The Morgan fingerprint density at radius 3 is 2.00 bits per heavy atom. The summed E-state index contributed by atoms with van der Waals surface area (Å²) in [6, 6.07) is 0. The lowest BCUT2D eigenvalue weighted by molar-refractivity contribution is 0.0318. The van der Waals surface area contributed by atoms with Gasteiger partial charge in [-0.2, -0.15) is 0 Å². The van der Waals surface area contributed by atoms with Crippen molar-refractivity contribution in [2.45, 2.75) is 68.7 Å². The van der Waals surface area contributed by atoms with E-state index in [1.54, 1.807) is 0 Å². The van der Waals surface area contributed by atoms with Crippen LogP contribution in [-0.4, -0.2) is 18.0 Å². The van der Waals surface area contributed by atoms with Crippen molar-refractivity contribution in [2.24, 2.45) is 34.5 Å². The third-order valence-corrected chi connectivity index (χ3v) is 5.84. The van der Waals surface area contributed by atoms with Crippen molar-refractivity contribution in [3.63, 3.8) is 0 Å². The SMILES string of the molecule is C=C(CC(C)C)N(CC(C)C)CC(C#CC)(C1C#C1)C(C)(C)C(C)C. The maximum atomic E-state index is 4.44. The first kappa shape index (κ1) is 21.7. The van der Waals surface area contributed by atoms with Gasteiger partial charge >= 0.3 is 0 Å². The van der Waals surface area contributed by atoms with Gasteiger partial charge in [0.25, 0.3) is 0 Å². The van der Waals surface area contributed by atoms with Crippen LogP contribution >= 0.6 is 0 Å². The third-order valence-electron chi connectivity index (χ3n) is 5.84. The summed E-state index contributed by atoms with van der Waals surface area (Å²) in [6.45, 7) is 26.8. The van der Waals surface area contributed by atoms with Crippen molar-refractivity contribution in [3.8, 4) is 23.7 Å². The van der Waals surface area contributed by atoms with E-state index >= 15 is 0 Å². The summed E-state index contributed by atoms with van der Waals surface area (Å²) in [5, 5.41) is 0. The van der Waals surface area contributed by atoms with Crippen LogP contribution in [0.1, 0.15) is 68.7 Å². The molecule has 0 aromatic rings. The summed E-state index contributed by atoms with van der Waals surface area (Å²) in [6.07, 6.45) is 1.04. The minimum absolute atomic E-state index is 0.0600. The molecular formula is C24H39N. The number of hydrogen-bond acceptors (Lipinski definition) is 1. The van der Waals surface area contributed by atoms with Crippen molar-refractivity contribution in [2.75, 3.05) is 13.1 Å². The van der Waals surface area contributed by atoms with E-state index in [0.29, 0.717) is 17.8 Å². The maximum Gasteiger partial charge on any atom is 0.0999 e. The van der Waals surface area contributed by atoms with Crippen LogP contribution < -0.4 is 0 Å². The monoisotopic (exact) mass is 341 g/mol. The fourth-order valence-corrected chi connectivity index (χ4v) is 3.61. The molecule has 0 aliphatic heterocycles. The summed E-state index contributed by atoms with van der Waals surface area (Å²) in [5.74, 6) is 15.5. The Morgan fingerprint density at radius 1 is 1.08 bits per heavy atom. The molecule has 1 unspecified atom stereocenters. The van der Waals surface area contributed by atoms with E-state index in [9.17, 15) is 0 Å². The molecule has 0 saturated heterocycles. The Bertz CT molecular complexity index is 577. The number of rotatable bonds is 10. The lowest BCUT2D eigenvalue weighted by Gasteiger charge is -2.49. The van der Waals surface area contributed by atoms with Crippen molar-refractivity contribution < 1.29 is 0 Å². The molecule has 1 aliphatic carbocycles. The second-order valence-corrected chi connectivity index (χ2v) is 9.38. The van der Waals surface area contributed by atoms with Crippen molar-refractivity contribution in [1.82, 2.24) is 4.90 Å². The summed E-state index contributed by atoms with van der Waals surface area (Å²) in [7, 11) is 0. The second-order valence-electron chi connectivity index (χ2n) is 9.38. The highest BCUT2D eigenvalue weighted by Gasteiger charge is 2.53. The van der Waals surface area contributed by atoms with Gasteiger partial charge in [0.15, 0.2) is 0 Å². The smallest absolute Gasteiger partial charge is 0.0999 e. The van der Waals surface area contributed by atoms with E-state index < -0.39 is 0 Å². The van der Waals surface area contributed by atoms with Crippen LogP contribution in [0.4, 0.5) is 0 Å². The lowest BCUT2D eigenvalue weighted by atomic mass is 9.57. The molecule has 1 heteroatoms. The Kier molecular flexibility index (Phi) is 7.26. The molecule has 1 rings (SSSR count). The van der Waals surface area contributed by atoms with E-state index in [-0.39, 0.29) is 16.7 Å². The standard InChI is InChI=1S/C24H39N/c1-11-14-24(22-12-13-22,23(9,10)20(6)7)17-25(16-19(4)5)21(8)15-18(2)3/h18-20,22H,8,15-17H2,1-7,9-10H3. The summed E-state index contributed by atoms with van der Waals surface area (Å²) >= 11 is 0. The molecule has 140 valence electrons. The molecule has 0 radical (unpaired) electrons. The first-order chi connectivity index (χ1) is 11.5. The van der Waals surface area contributed by atoms with Gasteiger partial charge in [0.1, 0.15) is 0 Å². The van der Waals surface area contributed by atoms with Crippen LogP contribution in [0.2, 0.25) is 0 Å². The van der Waals surface area contributed by atoms with Crippen molar-refractivity contribution in [1.29, 1.82) is 0 Å². The van der Waals surface area contributed by atoms with Gasteiger partial charge in [-0.05, 0) is 36.5 Å². The van der Waals surface area contributed by atoms with Gasteiger partial charge in [-0.1, -0.05) is 79.7 Å². The minimum atomic E-state index is -0.162. The first-order valence-corrected chi connectivity index (χ1v) is 9.85. The van der Waals surface area contributed by atoms with Gasteiger partial charge in [-0.25, -0.2) is 0 Å². The summed E-state index contributed by atoms with van der Waals surface area (Å²) < 4.78 is 0. The highest BCUT2D eigenvalue weighted by molar-refractivity contribution is 5.41. The maximum absolute atomic E-state index is 4.44. The Hall–Kier alpha value is -1.34. The van der Waals surface area contributed by atoms with Crippen LogP contribution in [0.3, 0.4) is 0 Å². The second kappa shape index (κ2) is 8.36. The molecule has 0 amide bonds. The molecule has 0 N–H and O–H groups in total. The van der Waals surface area contributed by atoms with Crippen molar-refractivity contribution >= 4 is 0 Å².